The average molecular weight is 644 g/mol. The van der Waals surface area contributed by atoms with E-state index in [0.29, 0.717) is 0 Å². The van der Waals surface area contributed by atoms with Crippen LogP contribution in [0.2, 0.25) is 0 Å². The molecule has 0 bridgehead atoms. The fraction of sp³-hybridized carbons (Fsp3) is 0.222. The van der Waals surface area contributed by atoms with E-state index in [1.165, 1.54) is 14.2 Å². The largest absolute Gasteiger partial charge is 0.469 e. The molecule has 0 unspecified atom stereocenters. The van der Waals surface area contributed by atoms with Gasteiger partial charge in [-0.25, -0.2) is 0 Å². The number of thiophene rings is 3. The zero-order valence-corrected chi connectivity index (χ0v) is 21.1. The van der Waals surface area contributed by atoms with Gasteiger partial charge in [0, 0.05) is 19.5 Å². The molecule has 4 nitrogen and oxygen atoms in total. The SMILES string of the molecule is COC(=O)Cc1cc(I)sc1-c1ccc(-c2sc(I)cc2CC(=O)OC)s1. The summed E-state index contributed by atoms with van der Waals surface area (Å²) < 4.78 is 11.9. The lowest BCUT2D eigenvalue weighted by atomic mass is 10.1. The molecule has 0 radical (unpaired) electrons. The standard InChI is InChI=1S/C18H14I2O4S3/c1-23-15(21)7-9-5-13(19)26-17(9)11-3-4-12(25-11)18-10(6-14(20)27-18)8-16(22)24-2/h3-6H,7-8H2,1-2H3. The second kappa shape index (κ2) is 9.33. The third-order valence-corrected chi connectivity index (χ3v) is 9.06. The Kier molecular flexibility index (Phi) is 7.33. The summed E-state index contributed by atoms with van der Waals surface area (Å²) in [6.45, 7) is 0. The molecule has 0 fully saturated rings. The van der Waals surface area contributed by atoms with Gasteiger partial charge in [0.2, 0.25) is 0 Å². The molecule has 0 aliphatic rings. The molecule has 27 heavy (non-hydrogen) atoms. The van der Waals surface area contributed by atoms with Crippen LogP contribution in [-0.4, -0.2) is 26.2 Å². The lowest BCUT2D eigenvalue weighted by molar-refractivity contribution is -0.140. The minimum Gasteiger partial charge on any atom is -0.469 e. The summed E-state index contributed by atoms with van der Waals surface area (Å²) in [7, 11) is 2.81. The molecule has 3 rings (SSSR count). The van der Waals surface area contributed by atoms with Crippen molar-refractivity contribution in [3.8, 4) is 19.5 Å². The minimum atomic E-state index is -0.240. The normalized spacial score (nSPS) is 10.8. The zero-order chi connectivity index (χ0) is 19.6. The number of rotatable bonds is 6. The number of hydrogen-bond donors (Lipinski definition) is 0. The highest BCUT2D eigenvalue weighted by Gasteiger charge is 2.19. The highest BCUT2D eigenvalue weighted by molar-refractivity contribution is 14.1. The van der Waals surface area contributed by atoms with E-state index in [1.54, 1.807) is 34.0 Å². The summed E-state index contributed by atoms with van der Waals surface area (Å²) in [6.07, 6.45) is 0.534. The van der Waals surface area contributed by atoms with E-state index in [4.69, 9.17) is 9.47 Å². The highest BCUT2D eigenvalue weighted by Crippen LogP contribution is 2.44. The molecule has 0 atom stereocenters. The quantitative estimate of drug-likeness (QED) is 0.250. The van der Waals surface area contributed by atoms with Gasteiger partial charge in [-0.2, -0.15) is 0 Å². The molecule has 0 aliphatic carbocycles. The van der Waals surface area contributed by atoms with Gasteiger partial charge in [0.15, 0.2) is 0 Å². The van der Waals surface area contributed by atoms with E-state index in [1.807, 2.05) is 12.1 Å². The predicted octanol–water partition coefficient (Wildman–Crippen LogP) is 5.85. The molecule has 3 aromatic rings. The van der Waals surface area contributed by atoms with E-state index in [9.17, 15) is 9.59 Å². The van der Waals surface area contributed by atoms with Crippen LogP contribution >= 0.6 is 79.2 Å². The van der Waals surface area contributed by atoms with Crippen LogP contribution < -0.4 is 0 Å². The van der Waals surface area contributed by atoms with E-state index < -0.39 is 0 Å². The lowest BCUT2D eigenvalue weighted by Crippen LogP contribution is -2.04. The van der Waals surface area contributed by atoms with Crippen molar-refractivity contribution < 1.29 is 19.1 Å². The first-order valence-electron chi connectivity index (χ1n) is 7.72. The third-order valence-electron chi connectivity index (χ3n) is 3.74. The molecule has 0 aromatic carbocycles. The molecule has 0 aliphatic heterocycles. The zero-order valence-electron chi connectivity index (χ0n) is 14.3. The molecule has 3 heterocycles. The van der Waals surface area contributed by atoms with Gasteiger partial charge < -0.3 is 9.47 Å². The Bertz CT molecular complexity index is 910. The van der Waals surface area contributed by atoms with Crippen LogP contribution in [-0.2, 0) is 31.9 Å². The topological polar surface area (TPSA) is 52.6 Å². The Morgan fingerprint density at radius 1 is 0.815 bits per heavy atom. The van der Waals surface area contributed by atoms with Crippen LogP contribution in [0.4, 0.5) is 0 Å². The molecule has 0 saturated carbocycles. The van der Waals surface area contributed by atoms with Gasteiger partial charge in [0.05, 0.1) is 32.8 Å². The van der Waals surface area contributed by atoms with Gasteiger partial charge in [0.25, 0.3) is 0 Å². The maximum atomic E-state index is 11.7. The van der Waals surface area contributed by atoms with Crippen molar-refractivity contribution in [1.29, 1.82) is 0 Å². The summed E-state index contributed by atoms with van der Waals surface area (Å²) in [6, 6.07) is 8.23. The van der Waals surface area contributed by atoms with Gasteiger partial charge in [-0.3, -0.25) is 9.59 Å². The number of halogens is 2. The molecule has 0 saturated heterocycles. The van der Waals surface area contributed by atoms with Crippen molar-refractivity contribution in [2.45, 2.75) is 12.8 Å². The number of hydrogen-bond acceptors (Lipinski definition) is 7. The van der Waals surface area contributed by atoms with Crippen molar-refractivity contribution in [3.63, 3.8) is 0 Å². The first-order chi connectivity index (χ1) is 12.9. The summed E-state index contributed by atoms with van der Waals surface area (Å²) in [4.78, 5) is 27.9. The van der Waals surface area contributed by atoms with E-state index in [0.717, 1.165) is 36.4 Å². The summed E-state index contributed by atoms with van der Waals surface area (Å²) in [5.41, 5.74) is 1.97. The molecule has 0 amide bonds. The molecule has 142 valence electrons. The van der Waals surface area contributed by atoms with Gasteiger partial charge in [-0.15, -0.1) is 34.0 Å². The fourth-order valence-electron chi connectivity index (χ4n) is 2.51. The van der Waals surface area contributed by atoms with Gasteiger partial charge in [-0.1, -0.05) is 0 Å². The maximum Gasteiger partial charge on any atom is 0.310 e. The number of methoxy groups -OCH3 is 2. The van der Waals surface area contributed by atoms with Gasteiger partial charge >= 0.3 is 11.9 Å². The van der Waals surface area contributed by atoms with E-state index in [2.05, 4.69) is 57.3 Å². The average Bonchev–Trinajstić information content (AvgIpc) is 3.33. The summed E-state index contributed by atoms with van der Waals surface area (Å²) >= 11 is 9.57. The van der Waals surface area contributed by atoms with Gasteiger partial charge in [-0.05, 0) is 80.6 Å². The molecule has 0 N–H and O–H groups in total. The Balaban J connectivity index is 1.95. The minimum absolute atomic E-state index is 0.240. The van der Waals surface area contributed by atoms with E-state index in [-0.39, 0.29) is 24.8 Å². The predicted molar refractivity (Wildman–Crippen MR) is 128 cm³/mol. The Morgan fingerprint density at radius 2 is 1.22 bits per heavy atom. The van der Waals surface area contributed by atoms with Crippen LogP contribution in [0.25, 0.3) is 19.5 Å². The van der Waals surface area contributed by atoms with Crippen molar-refractivity contribution in [2.24, 2.45) is 0 Å². The van der Waals surface area contributed by atoms with Crippen molar-refractivity contribution >= 4 is 91.1 Å². The number of esters is 2. The molecule has 0 spiro atoms. The van der Waals surface area contributed by atoms with Crippen LogP contribution in [0.5, 0.6) is 0 Å². The monoisotopic (exact) mass is 644 g/mol. The van der Waals surface area contributed by atoms with Gasteiger partial charge in [0.1, 0.15) is 0 Å². The fourth-order valence-corrected chi connectivity index (χ4v) is 7.69. The Hall–Kier alpha value is -0.500. The maximum absolute atomic E-state index is 11.7. The Labute approximate surface area is 196 Å². The smallest absolute Gasteiger partial charge is 0.310 e. The third kappa shape index (κ3) is 5.11. The van der Waals surface area contributed by atoms with Crippen LogP contribution in [0, 0.1) is 5.77 Å². The first kappa shape index (κ1) is 21.2. The van der Waals surface area contributed by atoms with E-state index >= 15 is 0 Å². The summed E-state index contributed by atoms with van der Waals surface area (Å²) in [5, 5.41) is 0. The Morgan fingerprint density at radius 3 is 1.59 bits per heavy atom. The molecular weight excluding hydrogens is 630 g/mol. The second-order valence-corrected chi connectivity index (χ2v) is 12.5. The molecular formula is C18H14I2O4S3. The number of carbonyl (C=O) groups is 2. The first-order valence-corrected chi connectivity index (χ1v) is 12.3. The van der Waals surface area contributed by atoms with Crippen molar-refractivity contribution in [1.82, 2.24) is 0 Å². The van der Waals surface area contributed by atoms with Crippen molar-refractivity contribution in [2.75, 3.05) is 14.2 Å². The molecule has 3 aromatic heterocycles. The lowest BCUT2D eigenvalue weighted by Gasteiger charge is -2.01. The number of carbonyl (C=O) groups excluding carboxylic acids is 2. The molecule has 9 heteroatoms. The van der Waals surface area contributed by atoms with Crippen LogP contribution in [0.3, 0.4) is 0 Å². The van der Waals surface area contributed by atoms with Crippen LogP contribution in [0.1, 0.15) is 11.1 Å². The van der Waals surface area contributed by atoms with Crippen LogP contribution in [0.15, 0.2) is 24.3 Å². The highest BCUT2D eigenvalue weighted by atomic mass is 127. The number of ether oxygens (including phenoxy) is 2. The summed E-state index contributed by atoms with van der Waals surface area (Å²) in [5.74, 6) is -0.481. The second-order valence-electron chi connectivity index (χ2n) is 5.48. The van der Waals surface area contributed by atoms with Crippen molar-refractivity contribution in [3.05, 3.63) is 41.2 Å².